The maximum Gasteiger partial charge on any atom is 0.230 e. The Balaban J connectivity index is 1.35. The fourth-order valence-electron chi connectivity index (χ4n) is 4.65. The number of anilines is 2. The van der Waals surface area contributed by atoms with Crippen molar-refractivity contribution in [1.29, 1.82) is 0 Å². The number of aryl methyl sites for hydroxylation is 1. The molecule has 2 aromatic heterocycles. The van der Waals surface area contributed by atoms with Gasteiger partial charge in [-0.05, 0) is 43.0 Å². The molecule has 0 unspecified atom stereocenters. The minimum absolute atomic E-state index is 0.0681. The van der Waals surface area contributed by atoms with Crippen LogP contribution in [0, 0.1) is 6.92 Å². The van der Waals surface area contributed by atoms with Crippen LogP contribution in [0.25, 0.3) is 22.2 Å². The van der Waals surface area contributed by atoms with E-state index in [4.69, 9.17) is 21.6 Å². The molecular formula is C29H22ClN5O. The molecule has 3 aromatic carbocycles. The van der Waals surface area contributed by atoms with Crippen molar-refractivity contribution in [2.24, 2.45) is 0 Å². The van der Waals surface area contributed by atoms with Crippen LogP contribution in [0.3, 0.4) is 0 Å². The number of nitrogens with zero attached hydrogens (tertiary/aromatic N) is 4. The zero-order chi connectivity index (χ0) is 24.6. The number of rotatable bonds is 4. The lowest BCUT2D eigenvalue weighted by molar-refractivity contribution is 0.0962. The van der Waals surface area contributed by atoms with Crippen molar-refractivity contribution in [3.05, 3.63) is 106 Å². The minimum Gasteiger partial charge on any atom is -0.294 e. The Morgan fingerprint density at radius 2 is 1.69 bits per heavy atom. The number of fused-ring (bicyclic) bond motifs is 2. The highest BCUT2D eigenvalue weighted by Gasteiger charge is 2.28. The van der Waals surface area contributed by atoms with Gasteiger partial charge in [-0.1, -0.05) is 71.8 Å². The molecule has 0 radical (unpaired) electrons. The van der Waals surface area contributed by atoms with E-state index in [0.717, 1.165) is 33.4 Å². The Hall–Kier alpha value is -4.16. The molecule has 1 aliphatic rings. The van der Waals surface area contributed by atoms with Crippen molar-refractivity contribution in [3.8, 4) is 11.3 Å². The van der Waals surface area contributed by atoms with Crippen molar-refractivity contribution < 1.29 is 4.79 Å². The number of nitrogens with one attached hydrogen (secondary N) is 1. The summed E-state index contributed by atoms with van der Waals surface area (Å²) < 4.78 is 0. The lowest BCUT2D eigenvalue weighted by atomic mass is 9.82. The monoisotopic (exact) mass is 491 g/mol. The van der Waals surface area contributed by atoms with Crippen LogP contribution in [-0.4, -0.2) is 25.7 Å². The molecule has 1 N–H and O–H groups in total. The first-order valence-electron chi connectivity index (χ1n) is 11.8. The number of aromatic nitrogens is 4. The first kappa shape index (κ1) is 22.3. The summed E-state index contributed by atoms with van der Waals surface area (Å²) >= 11 is 6.27. The molecule has 0 aliphatic heterocycles. The third-order valence-electron chi connectivity index (χ3n) is 6.52. The predicted molar refractivity (Wildman–Crippen MR) is 142 cm³/mol. The van der Waals surface area contributed by atoms with Crippen molar-refractivity contribution >= 4 is 40.2 Å². The highest BCUT2D eigenvalue weighted by atomic mass is 35.5. The zero-order valence-corrected chi connectivity index (χ0v) is 20.3. The molecule has 0 saturated carbocycles. The van der Waals surface area contributed by atoms with Gasteiger partial charge in [-0.3, -0.25) is 10.1 Å². The molecule has 2 heterocycles. The van der Waals surface area contributed by atoms with Crippen LogP contribution >= 0.6 is 11.6 Å². The summed E-state index contributed by atoms with van der Waals surface area (Å²) in [6.07, 6.45) is 2.74. The summed E-state index contributed by atoms with van der Waals surface area (Å²) in [7, 11) is 0. The van der Waals surface area contributed by atoms with Crippen molar-refractivity contribution in [2.45, 2.75) is 25.7 Å². The zero-order valence-electron chi connectivity index (χ0n) is 19.6. The predicted octanol–water partition coefficient (Wildman–Crippen LogP) is 6.70. The fourth-order valence-corrected chi connectivity index (χ4v) is 4.82. The second kappa shape index (κ2) is 9.13. The van der Waals surface area contributed by atoms with Gasteiger partial charge in [0.1, 0.15) is 0 Å². The molecule has 6 rings (SSSR count). The molecule has 0 bridgehead atoms. The summed E-state index contributed by atoms with van der Waals surface area (Å²) in [5.41, 5.74) is 6.14. The smallest absolute Gasteiger partial charge is 0.230 e. The largest absolute Gasteiger partial charge is 0.294 e. The lowest BCUT2D eigenvalue weighted by Gasteiger charge is -2.23. The second-order valence-corrected chi connectivity index (χ2v) is 9.48. The molecule has 176 valence electrons. The lowest BCUT2D eigenvalue weighted by Crippen LogP contribution is -2.21. The number of carbonyl (C=O) groups is 1. The highest BCUT2D eigenvalue weighted by Crippen LogP contribution is 2.33. The Bertz CT molecular complexity index is 1600. The molecule has 0 fully saturated rings. The normalized spacial score (nSPS) is 15.1. The summed E-state index contributed by atoms with van der Waals surface area (Å²) in [4.78, 5) is 31.4. The van der Waals surface area contributed by atoms with Gasteiger partial charge < -0.3 is 0 Å². The average Bonchev–Trinajstić information content (AvgIpc) is 2.89. The molecular weight excluding hydrogens is 470 g/mol. The van der Waals surface area contributed by atoms with Gasteiger partial charge in [0.2, 0.25) is 11.9 Å². The Morgan fingerprint density at radius 3 is 2.50 bits per heavy atom. The van der Waals surface area contributed by atoms with Crippen LogP contribution in [0.15, 0.2) is 79.0 Å². The number of hydrogen-bond donors (Lipinski definition) is 1. The van der Waals surface area contributed by atoms with Gasteiger partial charge in [0.15, 0.2) is 5.78 Å². The third kappa shape index (κ3) is 4.32. The van der Waals surface area contributed by atoms with Crippen molar-refractivity contribution in [1.82, 2.24) is 19.9 Å². The topological polar surface area (TPSA) is 80.7 Å². The van der Waals surface area contributed by atoms with Gasteiger partial charge in [-0.15, -0.1) is 0 Å². The molecule has 1 aliphatic carbocycles. The molecule has 1 atom stereocenters. The van der Waals surface area contributed by atoms with Gasteiger partial charge in [0.25, 0.3) is 0 Å². The number of Topliss-reactive ketones (excluding diaryl/α,β-unsaturated/α-hetero) is 1. The molecule has 0 spiro atoms. The van der Waals surface area contributed by atoms with Crippen LogP contribution in [0.4, 0.5) is 11.9 Å². The summed E-state index contributed by atoms with van der Waals surface area (Å²) in [5.74, 6) is 0.901. The fraction of sp³-hybridized carbons (Fsp3) is 0.138. The maximum atomic E-state index is 12.8. The van der Waals surface area contributed by atoms with Crippen LogP contribution in [0.2, 0.25) is 5.02 Å². The van der Waals surface area contributed by atoms with E-state index in [-0.39, 0.29) is 11.7 Å². The van der Waals surface area contributed by atoms with E-state index >= 15 is 0 Å². The van der Waals surface area contributed by atoms with Gasteiger partial charge in [0.05, 0.1) is 22.5 Å². The van der Waals surface area contributed by atoms with Crippen LogP contribution < -0.4 is 5.32 Å². The first-order chi connectivity index (χ1) is 17.5. The van der Waals surface area contributed by atoms with E-state index in [1.54, 1.807) is 6.20 Å². The van der Waals surface area contributed by atoms with Crippen LogP contribution in [-0.2, 0) is 6.42 Å². The van der Waals surface area contributed by atoms with E-state index in [9.17, 15) is 4.79 Å². The molecule has 7 heteroatoms. The molecule has 0 saturated heterocycles. The minimum atomic E-state index is 0.0681. The average molecular weight is 492 g/mol. The Kier molecular flexibility index (Phi) is 5.66. The van der Waals surface area contributed by atoms with Crippen molar-refractivity contribution in [2.75, 3.05) is 5.32 Å². The molecule has 0 amide bonds. The van der Waals surface area contributed by atoms with Gasteiger partial charge in [0, 0.05) is 28.6 Å². The van der Waals surface area contributed by atoms with Gasteiger partial charge in [-0.2, -0.15) is 0 Å². The second-order valence-electron chi connectivity index (χ2n) is 9.04. The summed E-state index contributed by atoms with van der Waals surface area (Å²) in [6.45, 7) is 2.06. The van der Waals surface area contributed by atoms with E-state index in [1.807, 2.05) is 48.5 Å². The number of carbonyl (C=O) groups excluding carboxylic acids is 1. The first-order valence-corrected chi connectivity index (χ1v) is 12.2. The standard InChI is InChI=1S/C29H22ClN5O/c1-17-7-9-18(10-8-17)20-13-25-23(26(36)14-20)16-31-28(33-25)35-29-32-24-12-11-21(30)15-22(24)27(34-29)19-5-3-2-4-6-19/h2-12,15-16,20H,13-14H2,1H3,(H,31,32,33,34,35)/t20-/m0/s1. The van der Waals surface area contributed by atoms with E-state index in [1.165, 1.54) is 5.56 Å². The van der Waals surface area contributed by atoms with E-state index in [0.29, 0.717) is 35.3 Å². The van der Waals surface area contributed by atoms with Crippen LogP contribution in [0.1, 0.15) is 39.5 Å². The molecule has 5 aromatic rings. The summed E-state index contributed by atoms with van der Waals surface area (Å²) in [5, 5.41) is 4.64. The molecule has 6 nitrogen and oxygen atoms in total. The van der Waals surface area contributed by atoms with E-state index < -0.39 is 0 Å². The van der Waals surface area contributed by atoms with Crippen molar-refractivity contribution in [3.63, 3.8) is 0 Å². The quantitative estimate of drug-likeness (QED) is 0.301. The number of hydrogen-bond acceptors (Lipinski definition) is 6. The number of halogens is 1. The van der Waals surface area contributed by atoms with Gasteiger partial charge in [-0.25, -0.2) is 19.9 Å². The Labute approximate surface area is 213 Å². The van der Waals surface area contributed by atoms with Gasteiger partial charge >= 0.3 is 0 Å². The number of benzene rings is 3. The number of ketones is 1. The molecule has 36 heavy (non-hydrogen) atoms. The third-order valence-corrected chi connectivity index (χ3v) is 6.75. The summed E-state index contributed by atoms with van der Waals surface area (Å²) in [6, 6.07) is 23.8. The highest BCUT2D eigenvalue weighted by molar-refractivity contribution is 6.31. The van der Waals surface area contributed by atoms with E-state index in [2.05, 4.69) is 46.5 Å². The SMILES string of the molecule is Cc1ccc([C@@H]2CC(=O)c3cnc(Nc4nc(-c5ccccc5)c5cc(Cl)ccc5n4)nc3C2)cc1. The van der Waals surface area contributed by atoms with Crippen LogP contribution in [0.5, 0.6) is 0 Å². The maximum absolute atomic E-state index is 12.8. The Morgan fingerprint density at radius 1 is 0.889 bits per heavy atom.